The molecule has 1 N–H and O–H groups in total. The summed E-state index contributed by atoms with van der Waals surface area (Å²) < 4.78 is 10.6. The van der Waals surface area contributed by atoms with Crippen molar-refractivity contribution in [2.24, 2.45) is 0 Å². The molecule has 3 aromatic carbocycles. The van der Waals surface area contributed by atoms with Crippen LogP contribution in [0.1, 0.15) is 23.1 Å². The van der Waals surface area contributed by atoms with Crippen LogP contribution in [-0.4, -0.2) is 11.9 Å². The molecule has 0 radical (unpaired) electrons. The fraction of sp³-hybridized carbons (Fsp3) is 0.150. The number of aliphatic hydroxyl groups is 1. The fourth-order valence-electron chi connectivity index (χ4n) is 3.02. The molecular formula is C20H15NO3. The number of nitrogens with zero attached hydrogens (tertiary/aromatic N) is 1. The smallest absolute Gasteiger partial charge is 0.231 e. The third kappa shape index (κ3) is 2.45. The molecule has 1 aliphatic rings. The van der Waals surface area contributed by atoms with Crippen LogP contribution in [0.5, 0.6) is 11.5 Å². The summed E-state index contributed by atoms with van der Waals surface area (Å²) >= 11 is 0. The zero-order valence-corrected chi connectivity index (χ0v) is 12.8. The molecule has 0 saturated heterocycles. The van der Waals surface area contributed by atoms with Gasteiger partial charge in [-0.05, 0) is 40.1 Å². The summed E-state index contributed by atoms with van der Waals surface area (Å²) in [7, 11) is 0. The molecule has 0 fully saturated rings. The van der Waals surface area contributed by atoms with Crippen molar-refractivity contribution in [3.63, 3.8) is 0 Å². The Kier molecular flexibility index (Phi) is 3.56. The molecule has 0 aliphatic carbocycles. The maximum Gasteiger partial charge on any atom is 0.231 e. The number of hydrogen-bond donors (Lipinski definition) is 1. The Morgan fingerprint density at radius 3 is 2.46 bits per heavy atom. The Bertz CT molecular complexity index is 945. The third-order valence-corrected chi connectivity index (χ3v) is 4.33. The summed E-state index contributed by atoms with van der Waals surface area (Å²) in [5.74, 6) is 0.599. The van der Waals surface area contributed by atoms with Crippen LogP contribution >= 0.6 is 0 Å². The molecule has 0 amide bonds. The van der Waals surface area contributed by atoms with Crippen molar-refractivity contribution in [1.29, 1.82) is 5.26 Å². The van der Waals surface area contributed by atoms with Crippen LogP contribution in [0.15, 0.2) is 60.7 Å². The van der Waals surface area contributed by atoms with Crippen LogP contribution in [0, 0.1) is 11.3 Å². The lowest BCUT2D eigenvalue weighted by Crippen LogP contribution is -2.09. The SMILES string of the molecule is N#CC(c1ccc2ccccc2c1)C(O)c1ccc2c(c1)OCO2. The van der Waals surface area contributed by atoms with Gasteiger partial charge in [0.15, 0.2) is 11.5 Å². The van der Waals surface area contributed by atoms with Crippen LogP contribution in [0.3, 0.4) is 0 Å². The maximum atomic E-state index is 10.7. The largest absolute Gasteiger partial charge is 0.454 e. The highest BCUT2D eigenvalue weighted by atomic mass is 16.7. The van der Waals surface area contributed by atoms with Crippen molar-refractivity contribution in [2.45, 2.75) is 12.0 Å². The molecular weight excluding hydrogens is 302 g/mol. The van der Waals surface area contributed by atoms with Gasteiger partial charge in [0.2, 0.25) is 6.79 Å². The minimum atomic E-state index is -0.939. The van der Waals surface area contributed by atoms with Gasteiger partial charge in [-0.2, -0.15) is 5.26 Å². The van der Waals surface area contributed by atoms with Crippen molar-refractivity contribution in [3.8, 4) is 17.6 Å². The van der Waals surface area contributed by atoms with Gasteiger partial charge >= 0.3 is 0 Å². The molecule has 2 unspecified atom stereocenters. The van der Waals surface area contributed by atoms with E-state index < -0.39 is 12.0 Å². The van der Waals surface area contributed by atoms with Gasteiger partial charge in [-0.25, -0.2) is 0 Å². The Hall–Kier alpha value is -3.03. The monoisotopic (exact) mass is 317 g/mol. The second-order valence-electron chi connectivity index (χ2n) is 5.77. The van der Waals surface area contributed by atoms with E-state index in [1.165, 1.54) is 0 Å². The van der Waals surface area contributed by atoms with E-state index in [0.29, 0.717) is 17.1 Å². The number of hydrogen-bond acceptors (Lipinski definition) is 4. The Labute approximate surface area is 139 Å². The molecule has 118 valence electrons. The quantitative estimate of drug-likeness (QED) is 0.795. The highest BCUT2D eigenvalue weighted by molar-refractivity contribution is 5.83. The van der Waals surface area contributed by atoms with Gasteiger partial charge in [-0.3, -0.25) is 0 Å². The van der Waals surface area contributed by atoms with Crippen molar-refractivity contribution in [2.75, 3.05) is 6.79 Å². The summed E-state index contributed by atoms with van der Waals surface area (Å²) in [5, 5.41) is 22.5. The summed E-state index contributed by atoms with van der Waals surface area (Å²) in [6, 6.07) is 21.3. The van der Waals surface area contributed by atoms with E-state index in [0.717, 1.165) is 16.3 Å². The highest BCUT2D eigenvalue weighted by Gasteiger charge is 2.25. The average molecular weight is 317 g/mol. The van der Waals surface area contributed by atoms with Crippen molar-refractivity contribution in [3.05, 3.63) is 71.8 Å². The predicted octanol–water partition coefficient (Wildman–Crippen LogP) is 3.91. The molecule has 4 rings (SSSR count). The molecule has 4 nitrogen and oxygen atoms in total. The van der Waals surface area contributed by atoms with E-state index in [4.69, 9.17) is 9.47 Å². The summed E-state index contributed by atoms with van der Waals surface area (Å²) in [6.07, 6.45) is -0.939. The topological polar surface area (TPSA) is 62.5 Å². The van der Waals surface area contributed by atoms with Crippen LogP contribution in [0.25, 0.3) is 10.8 Å². The molecule has 24 heavy (non-hydrogen) atoms. The van der Waals surface area contributed by atoms with E-state index in [1.807, 2.05) is 42.5 Å². The highest BCUT2D eigenvalue weighted by Crippen LogP contribution is 2.38. The Morgan fingerprint density at radius 2 is 1.62 bits per heavy atom. The van der Waals surface area contributed by atoms with E-state index >= 15 is 0 Å². The second-order valence-corrected chi connectivity index (χ2v) is 5.77. The summed E-state index contributed by atoms with van der Waals surface area (Å²) in [6.45, 7) is 0.182. The van der Waals surface area contributed by atoms with E-state index in [9.17, 15) is 10.4 Å². The van der Waals surface area contributed by atoms with Gasteiger partial charge in [-0.1, -0.05) is 42.5 Å². The molecule has 0 spiro atoms. The van der Waals surface area contributed by atoms with Gasteiger partial charge in [-0.15, -0.1) is 0 Å². The van der Waals surface area contributed by atoms with Gasteiger partial charge in [0, 0.05) is 0 Å². The number of rotatable bonds is 3. The first kappa shape index (κ1) is 14.6. The minimum absolute atomic E-state index is 0.182. The number of benzene rings is 3. The average Bonchev–Trinajstić information content (AvgIpc) is 3.10. The molecule has 3 aromatic rings. The first-order chi connectivity index (χ1) is 11.8. The van der Waals surface area contributed by atoms with Gasteiger partial charge in [0.05, 0.1) is 12.2 Å². The van der Waals surface area contributed by atoms with Gasteiger partial charge in [0.25, 0.3) is 0 Å². The molecule has 1 aliphatic heterocycles. The third-order valence-electron chi connectivity index (χ3n) is 4.33. The lowest BCUT2D eigenvalue weighted by Gasteiger charge is -2.18. The first-order valence-electron chi connectivity index (χ1n) is 7.72. The number of aliphatic hydroxyl groups excluding tert-OH is 1. The first-order valence-corrected chi connectivity index (χ1v) is 7.72. The molecule has 2 atom stereocenters. The molecule has 0 aromatic heterocycles. The summed E-state index contributed by atoms with van der Waals surface area (Å²) in [5.41, 5.74) is 1.43. The number of fused-ring (bicyclic) bond motifs is 2. The zero-order chi connectivity index (χ0) is 16.5. The van der Waals surface area contributed by atoms with E-state index in [1.54, 1.807) is 18.2 Å². The van der Waals surface area contributed by atoms with Gasteiger partial charge < -0.3 is 14.6 Å². The normalized spacial score (nSPS) is 15.0. The Balaban J connectivity index is 1.70. The van der Waals surface area contributed by atoms with Crippen LogP contribution in [0.4, 0.5) is 0 Å². The fourth-order valence-corrected chi connectivity index (χ4v) is 3.02. The summed E-state index contributed by atoms with van der Waals surface area (Å²) in [4.78, 5) is 0. The minimum Gasteiger partial charge on any atom is -0.454 e. The van der Waals surface area contributed by atoms with Crippen molar-refractivity contribution in [1.82, 2.24) is 0 Å². The zero-order valence-electron chi connectivity index (χ0n) is 12.8. The van der Waals surface area contributed by atoms with Crippen LogP contribution < -0.4 is 9.47 Å². The Morgan fingerprint density at radius 1 is 0.875 bits per heavy atom. The molecule has 4 heteroatoms. The lowest BCUT2D eigenvalue weighted by atomic mass is 9.89. The van der Waals surface area contributed by atoms with E-state index in [2.05, 4.69) is 6.07 Å². The molecule has 0 saturated carbocycles. The van der Waals surface area contributed by atoms with Crippen molar-refractivity contribution < 1.29 is 14.6 Å². The lowest BCUT2D eigenvalue weighted by molar-refractivity contribution is 0.162. The van der Waals surface area contributed by atoms with Crippen LogP contribution in [-0.2, 0) is 0 Å². The molecule has 0 bridgehead atoms. The van der Waals surface area contributed by atoms with Crippen molar-refractivity contribution >= 4 is 10.8 Å². The van der Waals surface area contributed by atoms with Crippen LogP contribution in [0.2, 0.25) is 0 Å². The second kappa shape index (κ2) is 5.88. The van der Waals surface area contributed by atoms with Gasteiger partial charge in [0.1, 0.15) is 5.92 Å². The maximum absolute atomic E-state index is 10.7. The number of ether oxygens (including phenoxy) is 2. The standard InChI is InChI=1S/C20H15NO3/c21-11-17(15-6-5-13-3-1-2-4-14(13)9-15)20(22)16-7-8-18-19(10-16)24-12-23-18/h1-10,17,20,22H,12H2. The molecule has 1 heterocycles. The number of nitriles is 1. The predicted molar refractivity (Wildman–Crippen MR) is 89.8 cm³/mol. The van der Waals surface area contributed by atoms with E-state index in [-0.39, 0.29) is 6.79 Å².